The first-order chi connectivity index (χ1) is 31.6. The van der Waals surface area contributed by atoms with E-state index in [1.54, 1.807) is 21.1 Å². The molecule has 0 aliphatic rings. The number of likely N-dealkylation sites (N-methyl/N-ethyl adjacent to an activating group) is 1. The van der Waals surface area contributed by atoms with Crippen molar-refractivity contribution in [1.29, 1.82) is 0 Å². The molecule has 0 amide bonds. The Morgan fingerprint density at radius 1 is 0.492 bits per heavy atom. The molecule has 366 valence electrons. The number of carboxylic acid groups (broad SMARTS) is 1. The van der Waals surface area contributed by atoms with E-state index < -0.39 is 18.1 Å². The predicted octanol–water partition coefficient (Wildman–Crippen LogP) is 13.2. The number of nitrogens with zero attached hydrogens (tertiary/aromatic N) is 1. The molecule has 0 heterocycles. The number of allylic oxidation sites excluding steroid dienone is 20. The molecule has 0 aliphatic carbocycles. The molecule has 0 bridgehead atoms. The number of quaternary nitrogens is 1. The normalized spacial score (nSPS) is 13.9. The number of carbonyl (C=O) groups excluding carboxylic acids is 3. The van der Waals surface area contributed by atoms with Gasteiger partial charge in [0.15, 0.2) is 6.10 Å². The summed E-state index contributed by atoms with van der Waals surface area (Å²) in [6, 6.07) is -0.748. The van der Waals surface area contributed by atoms with Crippen LogP contribution < -0.4 is 5.11 Å². The highest BCUT2D eigenvalue weighted by atomic mass is 16.6. The molecule has 2 atom stereocenters. The van der Waals surface area contributed by atoms with Crippen LogP contribution >= 0.6 is 0 Å². The summed E-state index contributed by atoms with van der Waals surface area (Å²) < 4.78 is 17.1. The molecular formula is C57H91NO7. The smallest absolute Gasteiger partial charge is 0.306 e. The van der Waals surface area contributed by atoms with Crippen LogP contribution in [-0.2, 0) is 28.6 Å². The standard InChI is InChI=1S/C57H91NO7/c1-6-8-10-12-14-16-18-20-22-24-26-27-28-29-30-32-34-36-38-40-42-44-46-48-56(60)65-53(51-63-50-49-54(57(61)62)58(3,4)5)52-64-55(59)47-45-43-41-39-37-35-33-31-25-23-21-19-17-15-13-11-9-7-2/h8,10,14,16,19-23,25-27,29-31,33-34,36,40,42,53-54H,6-7,9,11-13,15,17-18,24,28,32,35,37-39,41,43-52H2,1-5H3/b10-8+,16-14+,21-19+,22-20+,25-23+,27-26+,30-29+,33-31+,36-34+,42-40+. The zero-order valence-corrected chi connectivity index (χ0v) is 41.6. The Hall–Kier alpha value is -4.27. The second-order valence-corrected chi connectivity index (χ2v) is 17.4. The van der Waals surface area contributed by atoms with E-state index in [1.807, 2.05) is 0 Å². The Kier molecular flexibility index (Phi) is 43.2. The van der Waals surface area contributed by atoms with Gasteiger partial charge in [-0.25, -0.2) is 0 Å². The van der Waals surface area contributed by atoms with Gasteiger partial charge in [-0.1, -0.05) is 180 Å². The summed E-state index contributed by atoms with van der Waals surface area (Å²) in [6.45, 7) is 4.43. The van der Waals surface area contributed by atoms with Crippen LogP contribution in [0.25, 0.3) is 0 Å². The molecule has 0 saturated heterocycles. The number of unbranched alkanes of at least 4 members (excludes halogenated alkanes) is 11. The average Bonchev–Trinajstić information content (AvgIpc) is 3.27. The van der Waals surface area contributed by atoms with E-state index in [4.69, 9.17) is 14.2 Å². The number of rotatable bonds is 43. The average molecular weight is 902 g/mol. The first kappa shape index (κ1) is 60.7. The van der Waals surface area contributed by atoms with Crippen LogP contribution in [0.1, 0.15) is 168 Å². The van der Waals surface area contributed by atoms with Crippen molar-refractivity contribution >= 4 is 17.9 Å². The van der Waals surface area contributed by atoms with Crippen molar-refractivity contribution in [1.82, 2.24) is 0 Å². The maximum Gasteiger partial charge on any atom is 0.306 e. The number of esters is 2. The fourth-order valence-corrected chi connectivity index (χ4v) is 6.53. The highest BCUT2D eigenvalue weighted by molar-refractivity contribution is 5.70. The maximum atomic E-state index is 12.8. The van der Waals surface area contributed by atoms with Crippen molar-refractivity contribution in [3.05, 3.63) is 122 Å². The van der Waals surface area contributed by atoms with E-state index in [0.717, 1.165) is 96.3 Å². The molecule has 0 N–H and O–H groups in total. The zero-order valence-electron chi connectivity index (χ0n) is 41.6. The summed E-state index contributed by atoms with van der Waals surface area (Å²) in [4.78, 5) is 37.0. The number of ether oxygens (including phenoxy) is 3. The van der Waals surface area contributed by atoms with Gasteiger partial charge in [-0.3, -0.25) is 9.59 Å². The van der Waals surface area contributed by atoms with Crippen LogP contribution in [0.4, 0.5) is 0 Å². The zero-order chi connectivity index (χ0) is 47.7. The lowest BCUT2D eigenvalue weighted by atomic mass is 10.1. The third-order valence-electron chi connectivity index (χ3n) is 10.4. The second-order valence-electron chi connectivity index (χ2n) is 17.4. The lowest BCUT2D eigenvalue weighted by molar-refractivity contribution is -0.889. The molecule has 0 aromatic heterocycles. The molecule has 0 saturated carbocycles. The van der Waals surface area contributed by atoms with Gasteiger partial charge in [-0.2, -0.15) is 0 Å². The fraction of sp³-hybridized carbons (Fsp3) is 0.596. The molecule has 8 heteroatoms. The van der Waals surface area contributed by atoms with Crippen LogP contribution in [0.3, 0.4) is 0 Å². The highest BCUT2D eigenvalue weighted by Gasteiger charge is 2.25. The second kappa shape index (κ2) is 46.3. The Labute approximate surface area is 397 Å². The van der Waals surface area contributed by atoms with E-state index in [0.29, 0.717) is 12.8 Å². The van der Waals surface area contributed by atoms with Crippen molar-refractivity contribution < 1.29 is 38.2 Å². The van der Waals surface area contributed by atoms with E-state index in [-0.39, 0.29) is 49.1 Å². The minimum atomic E-state index is -1.14. The molecule has 0 radical (unpaired) electrons. The summed E-state index contributed by atoms with van der Waals surface area (Å²) in [5, 5.41) is 11.7. The minimum Gasteiger partial charge on any atom is -0.544 e. The molecular weight excluding hydrogens is 811 g/mol. The van der Waals surface area contributed by atoms with Gasteiger partial charge in [0.25, 0.3) is 0 Å². The molecule has 8 nitrogen and oxygen atoms in total. The third kappa shape index (κ3) is 44.7. The maximum absolute atomic E-state index is 12.8. The van der Waals surface area contributed by atoms with Gasteiger partial charge < -0.3 is 28.6 Å². The SMILES string of the molecule is CC/C=C/C/C=C/C/C=C/C/C=C/C/C=C/C/C=C/C/C=C/CCCC(=O)OC(COCCC(C(=O)[O-])[N+](C)(C)C)COC(=O)CCCCCCC/C=C/C=C/C=C/CCCCCCC. The predicted molar refractivity (Wildman–Crippen MR) is 272 cm³/mol. The largest absolute Gasteiger partial charge is 0.544 e. The van der Waals surface area contributed by atoms with Crippen molar-refractivity contribution in [3.8, 4) is 0 Å². The highest BCUT2D eigenvalue weighted by Crippen LogP contribution is 2.12. The lowest BCUT2D eigenvalue weighted by Gasteiger charge is -2.34. The summed E-state index contributed by atoms with van der Waals surface area (Å²) in [6.07, 6.45) is 65.2. The van der Waals surface area contributed by atoms with Gasteiger partial charge in [0.2, 0.25) is 0 Å². The van der Waals surface area contributed by atoms with Gasteiger partial charge in [-0.15, -0.1) is 0 Å². The number of carbonyl (C=O) groups is 3. The molecule has 0 spiro atoms. The van der Waals surface area contributed by atoms with Crippen LogP contribution in [-0.4, -0.2) is 75.5 Å². The summed E-state index contributed by atoms with van der Waals surface area (Å²) in [7, 11) is 5.37. The number of hydrogen-bond acceptors (Lipinski definition) is 7. The molecule has 65 heavy (non-hydrogen) atoms. The summed E-state index contributed by atoms with van der Waals surface area (Å²) >= 11 is 0. The lowest BCUT2D eigenvalue weighted by Crippen LogP contribution is -2.55. The van der Waals surface area contributed by atoms with Crippen LogP contribution in [0.2, 0.25) is 0 Å². The van der Waals surface area contributed by atoms with E-state index >= 15 is 0 Å². The van der Waals surface area contributed by atoms with Crippen molar-refractivity contribution in [2.24, 2.45) is 0 Å². The first-order valence-electron chi connectivity index (χ1n) is 25.1. The first-order valence-corrected chi connectivity index (χ1v) is 25.1. The Balaban J connectivity index is 4.46. The topological polar surface area (TPSA) is 102 Å². The Morgan fingerprint density at radius 3 is 1.43 bits per heavy atom. The van der Waals surface area contributed by atoms with Crippen LogP contribution in [0, 0.1) is 0 Å². The summed E-state index contributed by atoms with van der Waals surface area (Å²) in [5.74, 6) is -1.85. The number of carboxylic acids is 1. The number of hydrogen-bond donors (Lipinski definition) is 0. The molecule has 0 aromatic carbocycles. The molecule has 2 unspecified atom stereocenters. The molecule has 0 rings (SSSR count). The fourth-order valence-electron chi connectivity index (χ4n) is 6.53. The van der Waals surface area contributed by atoms with E-state index in [2.05, 4.69) is 135 Å². The third-order valence-corrected chi connectivity index (χ3v) is 10.4. The minimum absolute atomic E-state index is 0.00191. The van der Waals surface area contributed by atoms with Crippen molar-refractivity contribution in [2.45, 2.75) is 180 Å². The monoisotopic (exact) mass is 902 g/mol. The Morgan fingerprint density at radius 2 is 0.938 bits per heavy atom. The number of aliphatic carboxylic acids is 1. The Bertz CT molecular complexity index is 1470. The van der Waals surface area contributed by atoms with Gasteiger partial charge in [0.1, 0.15) is 12.6 Å². The quantitative estimate of drug-likeness (QED) is 0.0197. The van der Waals surface area contributed by atoms with Crippen molar-refractivity contribution in [2.75, 3.05) is 41.0 Å². The van der Waals surface area contributed by atoms with Crippen LogP contribution in [0.15, 0.2) is 122 Å². The van der Waals surface area contributed by atoms with Crippen molar-refractivity contribution in [3.63, 3.8) is 0 Å². The van der Waals surface area contributed by atoms with E-state index in [1.165, 1.54) is 32.1 Å². The van der Waals surface area contributed by atoms with Crippen LogP contribution in [0.5, 0.6) is 0 Å². The van der Waals surface area contributed by atoms with Gasteiger partial charge in [0, 0.05) is 19.3 Å². The van der Waals surface area contributed by atoms with E-state index in [9.17, 15) is 19.5 Å². The van der Waals surface area contributed by atoms with Gasteiger partial charge >= 0.3 is 11.9 Å². The van der Waals surface area contributed by atoms with Gasteiger partial charge in [0.05, 0.1) is 40.3 Å². The molecule has 0 aliphatic heterocycles. The summed E-state index contributed by atoms with van der Waals surface area (Å²) in [5.41, 5.74) is 0. The molecule has 0 fully saturated rings. The van der Waals surface area contributed by atoms with Gasteiger partial charge in [-0.05, 0) is 89.9 Å². The molecule has 0 aromatic rings.